The first kappa shape index (κ1) is 20.3. The number of ether oxygens (including phenoxy) is 2. The van der Waals surface area contributed by atoms with Crippen molar-refractivity contribution in [2.75, 3.05) is 20.3 Å². The molecule has 1 N–H and O–H groups in total. The van der Waals surface area contributed by atoms with E-state index in [1.54, 1.807) is 0 Å². The molecule has 0 aliphatic heterocycles. The molecule has 0 spiro atoms. The summed E-state index contributed by atoms with van der Waals surface area (Å²) in [5.41, 5.74) is -0.257. The fraction of sp³-hybridized carbons (Fsp3) is 0.312. The van der Waals surface area contributed by atoms with Gasteiger partial charge in [0.2, 0.25) is 5.91 Å². The van der Waals surface area contributed by atoms with Crippen molar-refractivity contribution >= 4 is 17.1 Å². The van der Waals surface area contributed by atoms with Gasteiger partial charge in [-0.3, -0.25) is 14.2 Å². The summed E-state index contributed by atoms with van der Waals surface area (Å²) in [4.78, 5) is 28.4. The van der Waals surface area contributed by atoms with Crippen LogP contribution in [0, 0.1) is 0 Å². The fourth-order valence-electron chi connectivity index (χ4n) is 2.42. The van der Waals surface area contributed by atoms with Gasteiger partial charge in [-0.25, -0.2) is 4.98 Å². The monoisotopic (exact) mass is 412 g/mol. The third-order valence-electron chi connectivity index (χ3n) is 3.69. The van der Waals surface area contributed by atoms with Crippen molar-refractivity contribution in [3.05, 3.63) is 40.9 Å². The lowest BCUT2D eigenvalue weighted by Gasteiger charge is -2.09. The second kappa shape index (κ2) is 8.26. The zero-order valence-corrected chi connectivity index (χ0v) is 15.0. The number of nitrogens with one attached hydrogen (secondary N) is 1. The van der Waals surface area contributed by atoms with Gasteiger partial charge in [0.15, 0.2) is 11.2 Å². The van der Waals surface area contributed by atoms with Gasteiger partial charge in [-0.2, -0.15) is 4.68 Å². The predicted octanol–water partition coefficient (Wildman–Crippen LogP) is 0.638. The molecule has 1 aromatic carbocycles. The maximum atomic E-state index is 12.5. The number of rotatable bonds is 7. The Hall–Kier alpha value is -3.48. The zero-order chi connectivity index (χ0) is 21.0. The molecule has 1 amide bonds. The molecule has 3 rings (SSSR count). The van der Waals surface area contributed by atoms with Crippen molar-refractivity contribution in [2.24, 2.45) is 0 Å². The molecule has 0 saturated heterocycles. The molecular formula is C16H15F3N6O4. The van der Waals surface area contributed by atoms with Crippen LogP contribution in [0.5, 0.6) is 5.75 Å². The first-order valence-corrected chi connectivity index (χ1v) is 8.21. The third-order valence-corrected chi connectivity index (χ3v) is 3.69. The highest BCUT2D eigenvalue weighted by Crippen LogP contribution is 2.24. The van der Waals surface area contributed by atoms with Crippen LogP contribution < -0.4 is 15.6 Å². The molecule has 13 heteroatoms. The maximum Gasteiger partial charge on any atom is 0.573 e. The van der Waals surface area contributed by atoms with E-state index in [1.807, 2.05) is 0 Å². The van der Waals surface area contributed by atoms with Gasteiger partial charge in [-0.15, -0.1) is 18.3 Å². The van der Waals surface area contributed by atoms with E-state index >= 15 is 0 Å². The van der Waals surface area contributed by atoms with E-state index in [-0.39, 0.29) is 17.7 Å². The van der Waals surface area contributed by atoms with Crippen LogP contribution in [-0.2, 0) is 16.1 Å². The van der Waals surface area contributed by atoms with E-state index in [2.05, 4.69) is 25.3 Å². The van der Waals surface area contributed by atoms with E-state index in [1.165, 1.54) is 30.3 Å². The lowest BCUT2D eigenvalue weighted by Crippen LogP contribution is -2.34. The molecule has 0 aliphatic carbocycles. The van der Waals surface area contributed by atoms with Crippen LogP contribution in [0.3, 0.4) is 0 Å². The van der Waals surface area contributed by atoms with Crippen molar-refractivity contribution < 1.29 is 27.4 Å². The molecular weight excluding hydrogens is 397 g/mol. The molecule has 0 atom stereocenters. The van der Waals surface area contributed by atoms with E-state index in [4.69, 9.17) is 4.74 Å². The Labute approximate surface area is 160 Å². The standard InChI is InChI=1S/C16H15F3N6O4/c1-28-7-6-20-12(26)8-24-9-21-14-13(15(24)27)22-23-25(14)10-2-4-11(5-3-10)29-16(17,18)19/h2-5,9H,6-8H2,1H3,(H,20,26). The summed E-state index contributed by atoms with van der Waals surface area (Å²) in [5, 5.41) is 10.2. The number of amides is 1. The van der Waals surface area contributed by atoms with Gasteiger partial charge in [0.1, 0.15) is 18.6 Å². The van der Waals surface area contributed by atoms with Gasteiger partial charge in [0, 0.05) is 13.7 Å². The average molecular weight is 412 g/mol. The van der Waals surface area contributed by atoms with Gasteiger partial charge in [-0.1, -0.05) is 5.21 Å². The van der Waals surface area contributed by atoms with E-state index in [0.717, 1.165) is 16.7 Å². The van der Waals surface area contributed by atoms with Gasteiger partial charge < -0.3 is 14.8 Å². The topological polar surface area (TPSA) is 113 Å². The minimum Gasteiger partial charge on any atom is -0.406 e. The number of alkyl halides is 3. The molecule has 2 heterocycles. The fourth-order valence-corrected chi connectivity index (χ4v) is 2.42. The molecule has 0 saturated carbocycles. The lowest BCUT2D eigenvalue weighted by molar-refractivity contribution is -0.274. The first-order valence-electron chi connectivity index (χ1n) is 8.21. The van der Waals surface area contributed by atoms with Crippen LogP contribution >= 0.6 is 0 Å². The predicted molar refractivity (Wildman–Crippen MR) is 92.5 cm³/mol. The van der Waals surface area contributed by atoms with Crippen molar-refractivity contribution in [1.29, 1.82) is 0 Å². The number of methoxy groups -OCH3 is 1. The Morgan fingerprint density at radius 1 is 1.24 bits per heavy atom. The Morgan fingerprint density at radius 2 is 1.97 bits per heavy atom. The number of hydrogen-bond acceptors (Lipinski definition) is 7. The smallest absolute Gasteiger partial charge is 0.406 e. The van der Waals surface area contributed by atoms with Gasteiger partial charge in [0.25, 0.3) is 5.56 Å². The number of halogens is 3. The third kappa shape index (κ3) is 4.87. The minimum absolute atomic E-state index is 0.0900. The molecule has 0 radical (unpaired) electrons. The molecule has 29 heavy (non-hydrogen) atoms. The largest absolute Gasteiger partial charge is 0.573 e. The summed E-state index contributed by atoms with van der Waals surface area (Å²) in [6.07, 6.45) is -3.63. The second-order valence-corrected chi connectivity index (χ2v) is 5.74. The van der Waals surface area contributed by atoms with E-state index in [0.29, 0.717) is 18.8 Å². The minimum atomic E-state index is -4.80. The molecule has 154 valence electrons. The molecule has 3 aromatic rings. The molecule has 0 fully saturated rings. The number of nitrogens with zero attached hydrogens (tertiary/aromatic N) is 5. The normalized spacial score (nSPS) is 11.6. The Morgan fingerprint density at radius 3 is 2.62 bits per heavy atom. The summed E-state index contributed by atoms with van der Waals surface area (Å²) >= 11 is 0. The number of benzene rings is 1. The van der Waals surface area contributed by atoms with Gasteiger partial charge >= 0.3 is 6.36 Å². The van der Waals surface area contributed by atoms with Crippen LogP contribution in [-0.4, -0.2) is 57.1 Å². The van der Waals surface area contributed by atoms with Crippen molar-refractivity contribution in [1.82, 2.24) is 29.9 Å². The van der Waals surface area contributed by atoms with E-state index < -0.39 is 23.6 Å². The molecule has 0 bridgehead atoms. The first-order chi connectivity index (χ1) is 13.8. The molecule has 0 aliphatic rings. The average Bonchev–Trinajstić information content (AvgIpc) is 3.08. The number of aromatic nitrogens is 5. The van der Waals surface area contributed by atoms with Crippen LogP contribution in [0.25, 0.3) is 16.9 Å². The summed E-state index contributed by atoms with van der Waals surface area (Å²) in [7, 11) is 1.49. The number of carbonyl (C=O) groups excluding carboxylic acids is 1. The van der Waals surface area contributed by atoms with Crippen LogP contribution in [0.15, 0.2) is 35.4 Å². The molecule has 2 aromatic heterocycles. The summed E-state index contributed by atoms with van der Waals surface area (Å²) in [6.45, 7) is 0.366. The summed E-state index contributed by atoms with van der Waals surface area (Å²) in [5.74, 6) is -0.807. The summed E-state index contributed by atoms with van der Waals surface area (Å²) in [6, 6.07) is 4.82. The Balaban J connectivity index is 1.82. The molecule has 0 unspecified atom stereocenters. The van der Waals surface area contributed by atoms with Crippen LogP contribution in [0.2, 0.25) is 0 Å². The quantitative estimate of drug-likeness (QED) is 0.567. The highest BCUT2D eigenvalue weighted by molar-refractivity contribution is 5.76. The number of fused-ring (bicyclic) bond motifs is 1. The van der Waals surface area contributed by atoms with E-state index in [9.17, 15) is 22.8 Å². The van der Waals surface area contributed by atoms with Crippen LogP contribution in [0.4, 0.5) is 13.2 Å². The Bertz CT molecular complexity index is 1060. The SMILES string of the molecule is COCCNC(=O)Cn1cnc2c(nnn2-c2ccc(OC(F)(F)F)cc2)c1=O. The lowest BCUT2D eigenvalue weighted by atomic mass is 10.3. The highest BCUT2D eigenvalue weighted by Gasteiger charge is 2.31. The maximum absolute atomic E-state index is 12.5. The highest BCUT2D eigenvalue weighted by atomic mass is 19.4. The summed E-state index contributed by atoms with van der Waals surface area (Å²) < 4.78 is 47.6. The zero-order valence-electron chi connectivity index (χ0n) is 15.0. The Kier molecular flexibility index (Phi) is 5.77. The second-order valence-electron chi connectivity index (χ2n) is 5.74. The van der Waals surface area contributed by atoms with Crippen LogP contribution in [0.1, 0.15) is 0 Å². The molecule has 10 nitrogen and oxygen atoms in total. The van der Waals surface area contributed by atoms with Crippen molar-refractivity contribution in [3.63, 3.8) is 0 Å². The van der Waals surface area contributed by atoms with Gasteiger partial charge in [0.05, 0.1) is 12.3 Å². The number of carbonyl (C=O) groups is 1. The van der Waals surface area contributed by atoms with Gasteiger partial charge in [-0.05, 0) is 24.3 Å². The van der Waals surface area contributed by atoms with Crippen molar-refractivity contribution in [2.45, 2.75) is 12.9 Å². The number of hydrogen-bond donors (Lipinski definition) is 1. The van der Waals surface area contributed by atoms with Crippen molar-refractivity contribution in [3.8, 4) is 11.4 Å².